The molecule has 0 heterocycles. The van der Waals surface area contributed by atoms with Gasteiger partial charge in [0, 0.05) is 49.2 Å². The summed E-state index contributed by atoms with van der Waals surface area (Å²) in [5.74, 6) is 1.68. The molecular formula is C47H59Cl2N3O7. The lowest BCUT2D eigenvalue weighted by Gasteiger charge is -2.22. The maximum absolute atomic E-state index is 11.6. The Hall–Kier alpha value is -4.48. The Balaban J connectivity index is 1.29. The molecule has 0 aliphatic heterocycles. The third-order valence-electron chi connectivity index (χ3n) is 10.8. The molecule has 0 saturated heterocycles. The van der Waals surface area contributed by atoms with Crippen LogP contribution in [0.15, 0.2) is 60.7 Å². The summed E-state index contributed by atoms with van der Waals surface area (Å²) in [5.41, 5.74) is 9.99. The average Bonchev–Trinajstić information content (AvgIpc) is 3.63. The molecule has 0 radical (unpaired) electrons. The third kappa shape index (κ3) is 12.3. The highest BCUT2D eigenvalue weighted by molar-refractivity contribution is 6.33. The smallest absolute Gasteiger partial charge is 0.305 e. The highest BCUT2D eigenvalue weighted by atomic mass is 35.5. The third-order valence-corrected chi connectivity index (χ3v) is 11.4. The zero-order valence-electron chi connectivity index (χ0n) is 35.6. The number of anilines is 1. The van der Waals surface area contributed by atoms with Gasteiger partial charge in [0.25, 0.3) is 0 Å². The van der Waals surface area contributed by atoms with E-state index >= 15 is 0 Å². The Morgan fingerprint density at radius 1 is 0.729 bits per heavy atom. The number of nitrogens with zero attached hydrogens (tertiary/aromatic N) is 2. The maximum atomic E-state index is 11.6. The van der Waals surface area contributed by atoms with E-state index < -0.39 is 0 Å². The van der Waals surface area contributed by atoms with Gasteiger partial charge in [0.05, 0.1) is 49.2 Å². The zero-order chi connectivity index (χ0) is 42.5. The highest BCUT2D eigenvalue weighted by Crippen LogP contribution is 2.43. The van der Waals surface area contributed by atoms with E-state index in [0.717, 1.165) is 65.4 Å². The monoisotopic (exact) mass is 847 g/mol. The fourth-order valence-electron chi connectivity index (χ4n) is 7.68. The predicted molar refractivity (Wildman–Crippen MR) is 236 cm³/mol. The van der Waals surface area contributed by atoms with Crippen LogP contribution in [0.2, 0.25) is 10.0 Å². The van der Waals surface area contributed by atoms with E-state index in [2.05, 4.69) is 58.4 Å². The molecule has 12 heteroatoms. The van der Waals surface area contributed by atoms with Crippen molar-refractivity contribution < 1.29 is 33.3 Å². The Labute approximate surface area is 360 Å². The van der Waals surface area contributed by atoms with Crippen LogP contribution in [0.25, 0.3) is 11.1 Å². The van der Waals surface area contributed by atoms with Gasteiger partial charge in [0.15, 0.2) is 0 Å². The molecule has 1 unspecified atom stereocenters. The molecule has 1 atom stereocenters. The van der Waals surface area contributed by atoms with Crippen molar-refractivity contribution in [2.45, 2.75) is 85.0 Å². The van der Waals surface area contributed by atoms with Gasteiger partial charge in [-0.15, -0.1) is 0 Å². The molecule has 0 amide bonds. The first kappa shape index (κ1) is 45.6. The maximum Gasteiger partial charge on any atom is 0.305 e. The number of ether oxygens (including phenoxy) is 5. The minimum atomic E-state index is -0.207. The summed E-state index contributed by atoms with van der Waals surface area (Å²) in [7, 11) is 6.86. The Bertz CT molecular complexity index is 2060. The number of esters is 2. The van der Waals surface area contributed by atoms with Crippen molar-refractivity contribution in [3.05, 3.63) is 104 Å². The minimum Gasteiger partial charge on any atom is -0.493 e. The Morgan fingerprint density at radius 3 is 1.92 bits per heavy atom. The molecule has 4 aromatic rings. The van der Waals surface area contributed by atoms with Gasteiger partial charge < -0.3 is 38.8 Å². The van der Waals surface area contributed by atoms with Crippen LogP contribution in [0.1, 0.15) is 85.4 Å². The van der Waals surface area contributed by atoms with Gasteiger partial charge >= 0.3 is 11.9 Å². The summed E-state index contributed by atoms with van der Waals surface area (Å²) in [6, 6.07) is 20.8. The fourth-order valence-corrected chi connectivity index (χ4v) is 8.16. The van der Waals surface area contributed by atoms with Gasteiger partial charge in [0.1, 0.15) is 23.9 Å². The molecule has 0 spiro atoms. The molecular weight excluding hydrogens is 789 g/mol. The van der Waals surface area contributed by atoms with Crippen LogP contribution in [0, 0.1) is 6.92 Å². The number of nitrogens with one attached hydrogen (secondary N) is 1. The number of carbonyl (C=O) groups is 2. The number of benzene rings is 4. The van der Waals surface area contributed by atoms with Crippen molar-refractivity contribution in [2.75, 3.05) is 59.9 Å². The van der Waals surface area contributed by atoms with Crippen molar-refractivity contribution in [3.8, 4) is 28.4 Å². The lowest BCUT2D eigenvalue weighted by atomic mass is 9.91. The molecule has 4 aromatic carbocycles. The molecule has 0 fully saturated rings. The quantitative estimate of drug-likeness (QED) is 0.0770. The number of rotatable bonds is 22. The molecule has 1 N–H and O–H groups in total. The van der Waals surface area contributed by atoms with E-state index in [1.165, 1.54) is 36.5 Å². The van der Waals surface area contributed by atoms with Gasteiger partial charge in [-0.05, 0) is 119 Å². The number of hydrogen-bond donors (Lipinski definition) is 1. The molecule has 318 valence electrons. The first-order chi connectivity index (χ1) is 28.5. The topological polar surface area (TPSA) is 98.8 Å². The summed E-state index contributed by atoms with van der Waals surface area (Å²) >= 11 is 13.8. The summed E-state index contributed by atoms with van der Waals surface area (Å²) in [4.78, 5) is 27.4. The van der Waals surface area contributed by atoms with Crippen LogP contribution in [0.3, 0.4) is 0 Å². The Morgan fingerprint density at radius 2 is 1.31 bits per heavy atom. The first-order valence-corrected chi connectivity index (χ1v) is 21.2. The SMILES string of the molecule is CCOc1cc(NC2CCc3c(-c4cccc(COc5cc(OCC)c(CN(C)CCCC(=O)OC)cc5Cl)c4C)cccc32)c(Cl)cc1CN(C)CCCC(=O)OC. The van der Waals surface area contributed by atoms with Gasteiger partial charge in [-0.2, -0.15) is 0 Å². The van der Waals surface area contributed by atoms with Gasteiger partial charge in [0.2, 0.25) is 0 Å². The summed E-state index contributed by atoms with van der Waals surface area (Å²) < 4.78 is 28.1. The van der Waals surface area contributed by atoms with E-state index in [4.69, 9.17) is 46.9 Å². The van der Waals surface area contributed by atoms with Crippen LogP contribution in [0.4, 0.5) is 5.69 Å². The zero-order valence-corrected chi connectivity index (χ0v) is 37.1. The molecule has 0 saturated carbocycles. The number of halogens is 2. The van der Waals surface area contributed by atoms with Crippen molar-refractivity contribution in [3.63, 3.8) is 0 Å². The van der Waals surface area contributed by atoms with Crippen LogP contribution in [-0.2, 0) is 45.2 Å². The summed E-state index contributed by atoms with van der Waals surface area (Å²) in [5, 5.41) is 4.91. The standard InChI is InChI=1S/C47H59Cl2N3O7/c1-8-57-43-26-42(39(48)24-33(43)28-51(4)22-12-18-46(53)55-6)50-41-21-20-37-36(16-11-17-38(37)41)35-15-10-14-32(31(35)3)30-59-45-27-44(58-9-2)34(25-40(45)49)29-52(5)23-13-19-47(54)56-7/h10-11,14-17,24-27,41,50H,8-9,12-13,18-23,28-30H2,1-7H3. The summed E-state index contributed by atoms with van der Waals surface area (Å²) in [6.45, 7) is 10.2. The average molecular weight is 849 g/mol. The fraction of sp³-hybridized carbons (Fsp3) is 0.447. The van der Waals surface area contributed by atoms with Gasteiger partial charge in [-0.3, -0.25) is 9.59 Å². The molecule has 5 rings (SSSR count). The summed E-state index contributed by atoms with van der Waals surface area (Å²) in [6.07, 6.45) is 4.03. The number of methoxy groups -OCH3 is 2. The predicted octanol–water partition coefficient (Wildman–Crippen LogP) is 10.2. The van der Waals surface area contributed by atoms with Crippen molar-refractivity contribution in [1.29, 1.82) is 0 Å². The van der Waals surface area contributed by atoms with Crippen LogP contribution in [-0.4, -0.2) is 76.4 Å². The number of carbonyl (C=O) groups excluding carboxylic acids is 2. The number of hydrogen-bond acceptors (Lipinski definition) is 10. The molecule has 1 aliphatic carbocycles. The second-order valence-corrected chi connectivity index (χ2v) is 15.8. The Kier molecular flexibility index (Phi) is 17.2. The largest absolute Gasteiger partial charge is 0.493 e. The first-order valence-electron chi connectivity index (χ1n) is 20.5. The van der Waals surface area contributed by atoms with E-state index in [1.807, 2.05) is 52.2 Å². The normalized spacial score (nSPS) is 13.4. The van der Waals surface area contributed by atoms with E-state index in [1.54, 1.807) is 0 Å². The van der Waals surface area contributed by atoms with Crippen LogP contribution < -0.4 is 19.5 Å². The highest BCUT2D eigenvalue weighted by Gasteiger charge is 2.27. The van der Waals surface area contributed by atoms with E-state index in [9.17, 15) is 9.59 Å². The van der Waals surface area contributed by atoms with E-state index in [0.29, 0.717) is 74.4 Å². The lowest BCUT2D eigenvalue weighted by molar-refractivity contribution is -0.141. The van der Waals surface area contributed by atoms with Crippen LogP contribution in [0.5, 0.6) is 17.2 Å². The molecule has 0 aromatic heterocycles. The lowest BCUT2D eigenvalue weighted by Crippen LogP contribution is -2.20. The van der Waals surface area contributed by atoms with E-state index in [-0.39, 0.29) is 18.0 Å². The van der Waals surface area contributed by atoms with Crippen molar-refractivity contribution >= 4 is 40.8 Å². The van der Waals surface area contributed by atoms with Gasteiger partial charge in [-0.1, -0.05) is 59.6 Å². The second kappa shape index (κ2) is 22.2. The molecule has 0 bridgehead atoms. The minimum absolute atomic E-state index is 0.0832. The molecule has 1 aliphatic rings. The van der Waals surface area contributed by atoms with Crippen molar-refractivity contribution in [2.24, 2.45) is 0 Å². The second-order valence-electron chi connectivity index (χ2n) is 15.0. The van der Waals surface area contributed by atoms with Crippen LogP contribution >= 0.6 is 23.2 Å². The number of fused-ring (bicyclic) bond motifs is 1. The van der Waals surface area contributed by atoms with Gasteiger partial charge in [-0.25, -0.2) is 0 Å². The molecule has 59 heavy (non-hydrogen) atoms. The molecule has 10 nitrogen and oxygen atoms in total. The van der Waals surface area contributed by atoms with Crippen molar-refractivity contribution in [1.82, 2.24) is 9.80 Å².